The Balaban J connectivity index is 2.18. The zero-order valence-electron chi connectivity index (χ0n) is 13.4. The number of methoxy groups -OCH3 is 1. The molecule has 0 saturated carbocycles. The van der Waals surface area contributed by atoms with Gasteiger partial charge in [-0.15, -0.1) is 11.3 Å². The van der Waals surface area contributed by atoms with Gasteiger partial charge in [-0.2, -0.15) is 0 Å². The summed E-state index contributed by atoms with van der Waals surface area (Å²) in [5.41, 5.74) is 0.924. The topological polar surface area (TPSA) is 55.3 Å². The van der Waals surface area contributed by atoms with Gasteiger partial charge in [0, 0.05) is 12.1 Å². The zero-order valence-corrected chi connectivity index (χ0v) is 14.2. The average molecular weight is 319 g/mol. The van der Waals surface area contributed by atoms with Crippen LogP contribution >= 0.6 is 11.3 Å². The number of aryl methyl sites for hydroxylation is 1. The number of fused-ring (bicyclic) bond motifs is 1. The number of thiophene rings is 1. The first-order chi connectivity index (χ1) is 10.5. The van der Waals surface area contributed by atoms with Crippen molar-refractivity contribution in [3.8, 4) is 0 Å². The molecule has 3 rings (SSSR count). The van der Waals surface area contributed by atoms with Gasteiger partial charge in [0.05, 0.1) is 12.5 Å². The number of esters is 1. The van der Waals surface area contributed by atoms with E-state index in [-0.39, 0.29) is 5.97 Å². The van der Waals surface area contributed by atoms with Crippen LogP contribution in [0.3, 0.4) is 0 Å². The largest absolute Gasteiger partial charge is 0.465 e. The lowest BCUT2D eigenvalue weighted by Gasteiger charge is -2.40. The Hall–Kier alpha value is -1.69. The fourth-order valence-electron chi connectivity index (χ4n) is 3.37. The smallest absolute Gasteiger partial charge is 0.348 e. The number of hydrogen-bond acceptors (Lipinski definition) is 6. The Morgan fingerprint density at radius 3 is 2.64 bits per heavy atom. The van der Waals surface area contributed by atoms with Crippen molar-refractivity contribution in [2.75, 3.05) is 12.0 Å². The lowest BCUT2D eigenvalue weighted by molar-refractivity contribution is 0.0605. The molecular formula is C16H21N3O2S. The number of carbonyl (C=O) groups is 1. The predicted molar refractivity (Wildman–Crippen MR) is 88.7 cm³/mol. The maximum absolute atomic E-state index is 11.9. The summed E-state index contributed by atoms with van der Waals surface area (Å²) >= 11 is 1.38. The van der Waals surface area contributed by atoms with Crippen LogP contribution in [0.2, 0.25) is 0 Å². The molecular weight excluding hydrogens is 298 g/mol. The molecule has 1 aliphatic heterocycles. The summed E-state index contributed by atoms with van der Waals surface area (Å²) in [6, 6.07) is 0.894. The lowest BCUT2D eigenvalue weighted by atomic mass is 9.97. The van der Waals surface area contributed by atoms with Gasteiger partial charge in [-0.05, 0) is 45.6 Å². The summed E-state index contributed by atoms with van der Waals surface area (Å²) in [6.45, 7) is 6.44. The molecule has 1 saturated heterocycles. The zero-order chi connectivity index (χ0) is 15.9. The van der Waals surface area contributed by atoms with Crippen molar-refractivity contribution >= 4 is 33.3 Å². The van der Waals surface area contributed by atoms with Crippen molar-refractivity contribution < 1.29 is 9.53 Å². The number of rotatable bonds is 2. The van der Waals surface area contributed by atoms with Gasteiger partial charge in [-0.25, -0.2) is 14.8 Å². The average Bonchev–Trinajstić information content (AvgIpc) is 2.84. The third-order valence-electron chi connectivity index (χ3n) is 4.52. The predicted octanol–water partition coefficient (Wildman–Crippen LogP) is 3.55. The maximum Gasteiger partial charge on any atom is 0.348 e. The van der Waals surface area contributed by atoms with E-state index in [0.29, 0.717) is 17.0 Å². The van der Waals surface area contributed by atoms with E-state index < -0.39 is 0 Å². The van der Waals surface area contributed by atoms with E-state index in [4.69, 9.17) is 4.74 Å². The minimum atomic E-state index is -0.300. The van der Waals surface area contributed by atoms with Gasteiger partial charge in [0.25, 0.3) is 0 Å². The van der Waals surface area contributed by atoms with Crippen LogP contribution in [0, 0.1) is 6.92 Å². The Morgan fingerprint density at radius 1 is 1.32 bits per heavy atom. The molecule has 2 aromatic rings. The van der Waals surface area contributed by atoms with Crippen molar-refractivity contribution in [2.24, 2.45) is 0 Å². The third-order valence-corrected chi connectivity index (χ3v) is 5.70. The highest BCUT2D eigenvalue weighted by atomic mass is 32.1. The van der Waals surface area contributed by atoms with Gasteiger partial charge in [0.1, 0.15) is 21.9 Å². The molecule has 3 heterocycles. The molecule has 0 N–H and O–H groups in total. The first-order valence-corrected chi connectivity index (χ1v) is 8.47. The van der Waals surface area contributed by atoms with Crippen LogP contribution in [0.5, 0.6) is 0 Å². The number of piperidine rings is 1. The van der Waals surface area contributed by atoms with Crippen LogP contribution in [-0.2, 0) is 4.74 Å². The van der Waals surface area contributed by atoms with E-state index in [1.54, 1.807) is 6.33 Å². The van der Waals surface area contributed by atoms with Gasteiger partial charge >= 0.3 is 5.97 Å². The van der Waals surface area contributed by atoms with Crippen molar-refractivity contribution in [1.82, 2.24) is 9.97 Å². The molecule has 0 radical (unpaired) electrons. The first kappa shape index (κ1) is 15.2. The summed E-state index contributed by atoms with van der Waals surface area (Å²) in [5, 5.41) is 0.994. The Morgan fingerprint density at radius 2 is 2.00 bits per heavy atom. The number of nitrogens with zero attached hydrogens (tertiary/aromatic N) is 3. The highest BCUT2D eigenvalue weighted by Gasteiger charge is 2.29. The number of anilines is 1. The fourth-order valence-corrected chi connectivity index (χ4v) is 4.44. The monoisotopic (exact) mass is 319 g/mol. The number of ether oxygens (including phenoxy) is 1. The quantitative estimate of drug-likeness (QED) is 0.792. The van der Waals surface area contributed by atoms with Gasteiger partial charge in [-0.3, -0.25) is 0 Å². The van der Waals surface area contributed by atoms with Crippen LogP contribution < -0.4 is 4.90 Å². The molecule has 118 valence electrons. The van der Waals surface area contributed by atoms with E-state index in [1.165, 1.54) is 37.7 Å². The van der Waals surface area contributed by atoms with Crippen LogP contribution in [0.25, 0.3) is 10.2 Å². The molecule has 0 spiro atoms. The molecule has 2 aromatic heterocycles. The summed E-state index contributed by atoms with van der Waals surface area (Å²) in [5.74, 6) is 0.653. The highest BCUT2D eigenvalue weighted by Crippen LogP contribution is 2.38. The van der Waals surface area contributed by atoms with Gasteiger partial charge in [-0.1, -0.05) is 0 Å². The number of aromatic nitrogens is 2. The molecule has 1 fully saturated rings. The second-order valence-electron chi connectivity index (χ2n) is 5.96. The Kier molecular flexibility index (Phi) is 4.04. The van der Waals surface area contributed by atoms with Crippen LogP contribution in [0.15, 0.2) is 6.33 Å². The summed E-state index contributed by atoms with van der Waals surface area (Å²) in [7, 11) is 1.41. The molecule has 0 bridgehead atoms. The van der Waals surface area contributed by atoms with Crippen molar-refractivity contribution in [2.45, 2.75) is 52.1 Å². The fraction of sp³-hybridized carbons (Fsp3) is 0.562. The molecule has 0 aromatic carbocycles. The standard InChI is InChI=1S/C16H21N3O2S/c1-9-6-5-7-10(2)19(9)14-12-11(3)13(16(20)21-4)22-15(12)18-8-17-14/h8-10H,5-7H2,1-4H3. The second kappa shape index (κ2) is 5.83. The first-order valence-electron chi connectivity index (χ1n) is 7.65. The molecule has 6 heteroatoms. The summed E-state index contributed by atoms with van der Waals surface area (Å²) in [4.78, 5) is 24.7. The summed E-state index contributed by atoms with van der Waals surface area (Å²) < 4.78 is 4.88. The number of carbonyl (C=O) groups excluding carboxylic acids is 1. The highest BCUT2D eigenvalue weighted by molar-refractivity contribution is 7.20. The molecule has 2 unspecified atom stereocenters. The van der Waals surface area contributed by atoms with Crippen molar-refractivity contribution in [1.29, 1.82) is 0 Å². The van der Waals surface area contributed by atoms with E-state index in [9.17, 15) is 4.79 Å². The minimum absolute atomic E-state index is 0.300. The maximum atomic E-state index is 11.9. The molecule has 1 aliphatic rings. The van der Waals surface area contributed by atoms with Gasteiger partial charge in [0.2, 0.25) is 0 Å². The summed E-state index contributed by atoms with van der Waals surface area (Å²) in [6.07, 6.45) is 5.19. The Labute approximate surface area is 134 Å². The van der Waals surface area contributed by atoms with Crippen LogP contribution in [0.1, 0.15) is 48.3 Å². The second-order valence-corrected chi connectivity index (χ2v) is 6.96. The third kappa shape index (κ3) is 2.35. The molecule has 0 amide bonds. The SMILES string of the molecule is COC(=O)c1sc2ncnc(N3C(C)CCCC3C)c2c1C. The molecule has 2 atom stereocenters. The van der Waals surface area contributed by atoms with Crippen molar-refractivity contribution in [3.05, 3.63) is 16.8 Å². The Bertz CT molecular complexity index is 703. The molecule has 22 heavy (non-hydrogen) atoms. The minimum Gasteiger partial charge on any atom is -0.465 e. The van der Waals surface area contributed by atoms with E-state index in [1.807, 2.05) is 6.92 Å². The van der Waals surface area contributed by atoms with Gasteiger partial charge in [0.15, 0.2) is 0 Å². The van der Waals surface area contributed by atoms with E-state index in [0.717, 1.165) is 21.6 Å². The molecule has 0 aliphatic carbocycles. The van der Waals surface area contributed by atoms with E-state index in [2.05, 4.69) is 28.7 Å². The number of hydrogen-bond donors (Lipinski definition) is 0. The van der Waals surface area contributed by atoms with Crippen LogP contribution in [0.4, 0.5) is 5.82 Å². The van der Waals surface area contributed by atoms with E-state index >= 15 is 0 Å². The van der Waals surface area contributed by atoms with Crippen molar-refractivity contribution in [3.63, 3.8) is 0 Å². The normalized spacial score (nSPS) is 22.1. The molecule has 5 nitrogen and oxygen atoms in total. The van der Waals surface area contributed by atoms with Crippen LogP contribution in [-0.4, -0.2) is 35.1 Å². The van der Waals surface area contributed by atoms with Gasteiger partial charge < -0.3 is 9.64 Å². The lowest BCUT2D eigenvalue weighted by Crippen LogP contribution is -2.44.